The summed E-state index contributed by atoms with van der Waals surface area (Å²) in [6, 6.07) is 2.51. The number of nitriles is 1. The molecule has 0 radical (unpaired) electrons. The van der Waals surface area contributed by atoms with Crippen molar-refractivity contribution in [2.45, 2.75) is 76.6 Å². The van der Waals surface area contributed by atoms with Gasteiger partial charge in [-0.1, -0.05) is 13.8 Å². The molecule has 2 aliphatic carbocycles. The Hall–Kier alpha value is -0.630. The predicted octanol–water partition coefficient (Wildman–Crippen LogP) is 3.14. The molecule has 1 spiro atoms. The summed E-state index contributed by atoms with van der Waals surface area (Å²) < 4.78 is 11.5. The first-order valence-electron chi connectivity index (χ1n) is 8.26. The molecular formula is C17H27NO3. The Kier molecular flexibility index (Phi) is 3.59. The van der Waals surface area contributed by atoms with E-state index in [0.29, 0.717) is 44.3 Å². The second-order valence-corrected chi connectivity index (χ2v) is 8.00. The van der Waals surface area contributed by atoms with E-state index in [9.17, 15) is 10.4 Å². The molecule has 4 nitrogen and oxygen atoms in total. The van der Waals surface area contributed by atoms with Crippen molar-refractivity contribution in [1.29, 1.82) is 5.26 Å². The van der Waals surface area contributed by atoms with Gasteiger partial charge in [0.1, 0.15) is 0 Å². The molecular weight excluding hydrogens is 266 g/mol. The molecule has 1 heterocycles. The zero-order valence-electron chi connectivity index (χ0n) is 13.3. The first-order valence-corrected chi connectivity index (χ1v) is 8.26. The van der Waals surface area contributed by atoms with Crippen molar-refractivity contribution in [3.63, 3.8) is 0 Å². The molecule has 0 aromatic carbocycles. The van der Waals surface area contributed by atoms with Crippen LogP contribution in [-0.2, 0) is 9.47 Å². The predicted molar refractivity (Wildman–Crippen MR) is 78.3 cm³/mol. The van der Waals surface area contributed by atoms with Gasteiger partial charge in [0.2, 0.25) is 0 Å². The highest BCUT2D eigenvalue weighted by Crippen LogP contribution is 2.56. The first kappa shape index (κ1) is 15.3. The lowest BCUT2D eigenvalue weighted by Gasteiger charge is -2.52. The average molecular weight is 293 g/mol. The smallest absolute Gasteiger partial charge is 0.168 e. The summed E-state index contributed by atoms with van der Waals surface area (Å²) in [5.74, 6) is -0.475. The highest BCUT2D eigenvalue weighted by atomic mass is 16.7. The van der Waals surface area contributed by atoms with Crippen LogP contribution in [0.4, 0.5) is 0 Å². The molecule has 1 saturated heterocycles. The minimum Gasteiger partial charge on any atom is -0.388 e. The third-order valence-electron chi connectivity index (χ3n) is 6.21. The lowest BCUT2D eigenvalue weighted by atomic mass is 9.55. The van der Waals surface area contributed by atoms with Gasteiger partial charge in [0.15, 0.2) is 5.79 Å². The summed E-state index contributed by atoms with van der Waals surface area (Å²) in [6.45, 7) is 5.81. The SMILES string of the molecule is CC1(C)CCC(C#N)(C2(O)CCC3(CC2)OCCO3)CC1. The maximum atomic E-state index is 11.2. The number of rotatable bonds is 1. The Labute approximate surface area is 127 Å². The fourth-order valence-electron chi connectivity index (χ4n) is 4.34. The second-order valence-electron chi connectivity index (χ2n) is 8.00. The molecule has 3 fully saturated rings. The Bertz CT molecular complexity index is 425. The van der Waals surface area contributed by atoms with E-state index in [1.54, 1.807) is 0 Å². The monoisotopic (exact) mass is 293 g/mol. The van der Waals surface area contributed by atoms with Crippen molar-refractivity contribution >= 4 is 0 Å². The van der Waals surface area contributed by atoms with Crippen LogP contribution in [0.2, 0.25) is 0 Å². The number of hydrogen-bond acceptors (Lipinski definition) is 4. The van der Waals surface area contributed by atoms with E-state index in [1.807, 2.05) is 0 Å². The van der Waals surface area contributed by atoms with E-state index in [0.717, 1.165) is 25.7 Å². The van der Waals surface area contributed by atoms with Gasteiger partial charge in [-0.15, -0.1) is 0 Å². The van der Waals surface area contributed by atoms with Crippen molar-refractivity contribution in [2.75, 3.05) is 13.2 Å². The summed E-state index contributed by atoms with van der Waals surface area (Å²) in [7, 11) is 0. The van der Waals surface area contributed by atoms with Gasteiger partial charge in [-0.05, 0) is 43.9 Å². The Morgan fingerprint density at radius 2 is 1.38 bits per heavy atom. The molecule has 0 unspecified atom stereocenters. The van der Waals surface area contributed by atoms with Crippen LogP contribution in [0.5, 0.6) is 0 Å². The van der Waals surface area contributed by atoms with Crippen LogP contribution in [0, 0.1) is 22.2 Å². The van der Waals surface area contributed by atoms with Crippen molar-refractivity contribution in [3.8, 4) is 6.07 Å². The lowest BCUT2D eigenvalue weighted by Crippen LogP contribution is -2.55. The van der Waals surface area contributed by atoms with Crippen LogP contribution >= 0.6 is 0 Å². The van der Waals surface area contributed by atoms with Gasteiger partial charge < -0.3 is 14.6 Å². The van der Waals surface area contributed by atoms with Crippen molar-refractivity contribution in [2.24, 2.45) is 10.8 Å². The van der Waals surface area contributed by atoms with Crippen molar-refractivity contribution < 1.29 is 14.6 Å². The molecule has 4 heteroatoms. The quantitative estimate of drug-likeness (QED) is 0.806. The molecule has 118 valence electrons. The normalized spacial score (nSPS) is 37.2. The van der Waals surface area contributed by atoms with Crippen LogP contribution in [-0.4, -0.2) is 29.7 Å². The van der Waals surface area contributed by atoms with Gasteiger partial charge >= 0.3 is 0 Å². The molecule has 0 aromatic heterocycles. The van der Waals surface area contributed by atoms with Gasteiger partial charge in [-0.3, -0.25) is 0 Å². The van der Waals surface area contributed by atoms with Crippen molar-refractivity contribution in [1.82, 2.24) is 0 Å². The topological polar surface area (TPSA) is 62.5 Å². The van der Waals surface area contributed by atoms with E-state index in [-0.39, 0.29) is 0 Å². The zero-order chi connectivity index (χ0) is 15.2. The van der Waals surface area contributed by atoms with Crippen LogP contribution in [0.15, 0.2) is 0 Å². The Morgan fingerprint density at radius 1 is 0.857 bits per heavy atom. The third kappa shape index (κ3) is 2.50. The fourth-order valence-corrected chi connectivity index (χ4v) is 4.34. The number of aliphatic hydroxyl groups is 1. The van der Waals surface area contributed by atoms with E-state index in [2.05, 4.69) is 19.9 Å². The lowest BCUT2D eigenvalue weighted by molar-refractivity contribution is -0.221. The van der Waals surface area contributed by atoms with Gasteiger partial charge in [-0.25, -0.2) is 0 Å². The summed E-state index contributed by atoms with van der Waals surface area (Å²) in [4.78, 5) is 0. The summed E-state index contributed by atoms with van der Waals surface area (Å²) >= 11 is 0. The van der Waals surface area contributed by atoms with E-state index >= 15 is 0 Å². The molecule has 0 aromatic rings. The zero-order valence-corrected chi connectivity index (χ0v) is 13.3. The summed E-state index contributed by atoms with van der Waals surface area (Å²) in [5, 5.41) is 21.0. The maximum absolute atomic E-state index is 11.2. The molecule has 2 saturated carbocycles. The second kappa shape index (κ2) is 4.94. The van der Waals surface area contributed by atoms with Crippen LogP contribution < -0.4 is 0 Å². The summed E-state index contributed by atoms with van der Waals surface area (Å²) in [5.41, 5.74) is -1.16. The molecule has 0 bridgehead atoms. The molecule has 3 aliphatic rings. The highest BCUT2D eigenvalue weighted by Gasteiger charge is 2.57. The molecule has 21 heavy (non-hydrogen) atoms. The number of nitrogens with zero attached hydrogens (tertiary/aromatic N) is 1. The number of ether oxygens (including phenoxy) is 2. The average Bonchev–Trinajstić information content (AvgIpc) is 2.92. The van der Waals surface area contributed by atoms with E-state index in [4.69, 9.17) is 9.47 Å². The molecule has 0 amide bonds. The molecule has 0 atom stereocenters. The van der Waals surface area contributed by atoms with E-state index in [1.165, 1.54) is 0 Å². The molecule has 1 N–H and O–H groups in total. The van der Waals surface area contributed by atoms with E-state index < -0.39 is 16.8 Å². The molecule has 3 rings (SSSR count). The standard InChI is InChI=1S/C17H27NO3/c1-14(2)3-5-15(13-18,6-4-14)16(19)7-9-17(10-8-16)20-11-12-21-17/h19H,3-12H2,1-2H3. The first-order chi connectivity index (χ1) is 9.85. The Balaban J connectivity index is 1.74. The highest BCUT2D eigenvalue weighted by molar-refractivity contribution is 5.15. The minimum atomic E-state index is -0.876. The Morgan fingerprint density at radius 3 is 1.86 bits per heavy atom. The maximum Gasteiger partial charge on any atom is 0.168 e. The largest absolute Gasteiger partial charge is 0.388 e. The van der Waals surface area contributed by atoms with Crippen LogP contribution in [0.25, 0.3) is 0 Å². The number of hydrogen-bond donors (Lipinski definition) is 1. The third-order valence-corrected chi connectivity index (χ3v) is 6.21. The van der Waals surface area contributed by atoms with Gasteiger partial charge in [0, 0.05) is 12.8 Å². The molecule has 1 aliphatic heterocycles. The van der Waals surface area contributed by atoms with Crippen LogP contribution in [0.1, 0.15) is 65.2 Å². The minimum absolute atomic E-state index is 0.296. The summed E-state index contributed by atoms with van der Waals surface area (Å²) in [6.07, 6.45) is 6.28. The van der Waals surface area contributed by atoms with Gasteiger partial charge in [-0.2, -0.15) is 5.26 Å². The fraction of sp³-hybridized carbons (Fsp3) is 0.941. The van der Waals surface area contributed by atoms with Gasteiger partial charge in [0.25, 0.3) is 0 Å². The van der Waals surface area contributed by atoms with Crippen molar-refractivity contribution in [3.05, 3.63) is 0 Å². The van der Waals surface area contributed by atoms with Gasteiger partial charge in [0.05, 0.1) is 30.3 Å². The van der Waals surface area contributed by atoms with Crippen LogP contribution in [0.3, 0.4) is 0 Å².